The third-order valence-electron chi connectivity index (χ3n) is 4.61. The standard InChI is InChI=1S/C20H23NOS/c1-23-19-9-7-18(8-10-19)20(22)21-13-11-17(12-14-21)15-16-5-3-2-4-6-16/h2-10,17H,11-15H2,1H3. The van der Waals surface area contributed by atoms with Gasteiger partial charge in [0.15, 0.2) is 0 Å². The first-order valence-corrected chi connectivity index (χ1v) is 9.46. The molecular formula is C20H23NOS. The molecule has 0 bridgehead atoms. The van der Waals surface area contributed by atoms with Gasteiger partial charge in [0, 0.05) is 23.5 Å². The van der Waals surface area contributed by atoms with E-state index in [4.69, 9.17) is 0 Å². The second kappa shape index (κ2) is 7.69. The first-order chi connectivity index (χ1) is 11.3. The van der Waals surface area contributed by atoms with Crippen LogP contribution in [0.3, 0.4) is 0 Å². The highest BCUT2D eigenvalue weighted by molar-refractivity contribution is 7.98. The van der Waals surface area contributed by atoms with E-state index in [-0.39, 0.29) is 5.91 Å². The molecule has 2 aromatic rings. The Labute approximate surface area is 142 Å². The van der Waals surface area contributed by atoms with E-state index in [2.05, 4.69) is 30.3 Å². The summed E-state index contributed by atoms with van der Waals surface area (Å²) in [5, 5.41) is 0. The van der Waals surface area contributed by atoms with E-state index >= 15 is 0 Å². The SMILES string of the molecule is CSc1ccc(C(=O)N2CCC(Cc3ccccc3)CC2)cc1. The molecule has 1 heterocycles. The molecule has 3 heteroatoms. The molecule has 0 N–H and O–H groups in total. The van der Waals surface area contributed by atoms with Gasteiger partial charge < -0.3 is 4.90 Å². The van der Waals surface area contributed by atoms with Crippen LogP contribution in [-0.2, 0) is 6.42 Å². The van der Waals surface area contributed by atoms with Crippen LogP contribution in [-0.4, -0.2) is 30.2 Å². The molecule has 1 saturated heterocycles. The molecule has 23 heavy (non-hydrogen) atoms. The number of likely N-dealkylation sites (tertiary alicyclic amines) is 1. The zero-order valence-electron chi connectivity index (χ0n) is 13.6. The van der Waals surface area contributed by atoms with Crippen LogP contribution >= 0.6 is 11.8 Å². The summed E-state index contributed by atoms with van der Waals surface area (Å²) in [5.41, 5.74) is 2.22. The predicted octanol–water partition coefficient (Wildman–Crippen LogP) is 4.50. The third-order valence-corrected chi connectivity index (χ3v) is 5.35. The van der Waals surface area contributed by atoms with Crippen LogP contribution in [0.1, 0.15) is 28.8 Å². The molecule has 120 valence electrons. The maximum absolute atomic E-state index is 12.6. The number of piperidine rings is 1. The number of hydrogen-bond donors (Lipinski definition) is 0. The van der Waals surface area contributed by atoms with Crippen molar-refractivity contribution in [3.63, 3.8) is 0 Å². The van der Waals surface area contributed by atoms with Gasteiger partial charge in [0.05, 0.1) is 0 Å². The Bertz CT molecular complexity index is 630. The van der Waals surface area contributed by atoms with Crippen LogP contribution in [0.25, 0.3) is 0 Å². The molecule has 1 aliphatic heterocycles. The van der Waals surface area contributed by atoms with Crippen molar-refractivity contribution in [3.8, 4) is 0 Å². The summed E-state index contributed by atoms with van der Waals surface area (Å²) < 4.78 is 0. The molecular weight excluding hydrogens is 302 g/mol. The van der Waals surface area contributed by atoms with Gasteiger partial charge >= 0.3 is 0 Å². The Balaban J connectivity index is 1.54. The van der Waals surface area contributed by atoms with Crippen molar-refractivity contribution in [2.75, 3.05) is 19.3 Å². The Morgan fingerprint density at radius 2 is 1.70 bits per heavy atom. The number of benzene rings is 2. The van der Waals surface area contributed by atoms with E-state index in [1.807, 2.05) is 35.4 Å². The first-order valence-electron chi connectivity index (χ1n) is 8.23. The van der Waals surface area contributed by atoms with E-state index in [9.17, 15) is 4.79 Å². The minimum Gasteiger partial charge on any atom is -0.339 e. The van der Waals surface area contributed by atoms with Crippen molar-refractivity contribution < 1.29 is 4.79 Å². The lowest BCUT2D eigenvalue weighted by Crippen LogP contribution is -2.38. The highest BCUT2D eigenvalue weighted by atomic mass is 32.2. The van der Waals surface area contributed by atoms with Gasteiger partial charge in [0.2, 0.25) is 0 Å². The van der Waals surface area contributed by atoms with Crippen LogP contribution in [0.2, 0.25) is 0 Å². The third kappa shape index (κ3) is 4.17. The minimum atomic E-state index is 0.177. The zero-order chi connectivity index (χ0) is 16.1. The lowest BCUT2D eigenvalue weighted by molar-refractivity contribution is 0.0690. The van der Waals surface area contributed by atoms with Gasteiger partial charge in [-0.25, -0.2) is 0 Å². The summed E-state index contributed by atoms with van der Waals surface area (Å²) in [6.45, 7) is 1.75. The van der Waals surface area contributed by atoms with E-state index < -0.39 is 0 Å². The van der Waals surface area contributed by atoms with Crippen molar-refractivity contribution in [1.29, 1.82) is 0 Å². The van der Waals surface area contributed by atoms with Gasteiger partial charge in [-0.05, 0) is 61.3 Å². The zero-order valence-corrected chi connectivity index (χ0v) is 14.4. The first kappa shape index (κ1) is 16.1. The Hall–Kier alpha value is -1.74. The fraction of sp³-hybridized carbons (Fsp3) is 0.350. The summed E-state index contributed by atoms with van der Waals surface area (Å²) in [6, 6.07) is 18.6. The predicted molar refractivity (Wildman–Crippen MR) is 97.0 cm³/mol. The molecule has 0 aliphatic carbocycles. The van der Waals surface area contributed by atoms with E-state index in [1.165, 1.54) is 10.5 Å². The molecule has 0 saturated carbocycles. The van der Waals surface area contributed by atoms with Crippen LogP contribution in [0.4, 0.5) is 0 Å². The van der Waals surface area contributed by atoms with Crippen LogP contribution < -0.4 is 0 Å². The molecule has 0 radical (unpaired) electrons. The quantitative estimate of drug-likeness (QED) is 0.771. The van der Waals surface area contributed by atoms with Crippen molar-refractivity contribution in [2.45, 2.75) is 24.2 Å². The molecule has 2 aromatic carbocycles. The topological polar surface area (TPSA) is 20.3 Å². The minimum absolute atomic E-state index is 0.177. The van der Waals surface area contributed by atoms with Gasteiger partial charge in [-0.1, -0.05) is 30.3 Å². The van der Waals surface area contributed by atoms with Crippen molar-refractivity contribution in [3.05, 3.63) is 65.7 Å². The van der Waals surface area contributed by atoms with E-state index in [1.54, 1.807) is 11.8 Å². The average Bonchev–Trinajstić information content (AvgIpc) is 2.63. The lowest BCUT2D eigenvalue weighted by atomic mass is 9.90. The van der Waals surface area contributed by atoms with Gasteiger partial charge in [0.1, 0.15) is 0 Å². The number of carbonyl (C=O) groups excluding carboxylic acids is 1. The van der Waals surface area contributed by atoms with Crippen LogP contribution in [0, 0.1) is 5.92 Å². The summed E-state index contributed by atoms with van der Waals surface area (Å²) in [4.78, 5) is 15.8. The number of amides is 1. The highest BCUT2D eigenvalue weighted by Gasteiger charge is 2.23. The van der Waals surface area contributed by atoms with Crippen molar-refractivity contribution in [2.24, 2.45) is 5.92 Å². The fourth-order valence-electron chi connectivity index (χ4n) is 3.20. The van der Waals surface area contributed by atoms with Gasteiger partial charge in [-0.2, -0.15) is 0 Å². The molecule has 1 amide bonds. The fourth-order valence-corrected chi connectivity index (χ4v) is 3.61. The molecule has 3 rings (SSSR count). The molecule has 1 fully saturated rings. The smallest absolute Gasteiger partial charge is 0.253 e. The van der Waals surface area contributed by atoms with E-state index in [0.29, 0.717) is 5.92 Å². The number of rotatable bonds is 4. The number of nitrogens with zero attached hydrogens (tertiary/aromatic N) is 1. The van der Waals surface area contributed by atoms with Gasteiger partial charge in [-0.15, -0.1) is 11.8 Å². The largest absolute Gasteiger partial charge is 0.339 e. The van der Waals surface area contributed by atoms with Gasteiger partial charge in [0.25, 0.3) is 5.91 Å². The summed E-state index contributed by atoms with van der Waals surface area (Å²) >= 11 is 1.70. The monoisotopic (exact) mass is 325 g/mol. The van der Waals surface area contributed by atoms with E-state index in [0.717, 1.165) is 37.9 Å². The number of thioether (sulfide) groups is 1. The number of carbonyl (C=O) groups is 1. The van der Waals surface area contributed by atoms with Gasteiger partial charge in [-0.3, -0.25) is 4.79 Å². The second-order valence-electron chi connectivity index (χ2n) is 6.15. The Morgan fingerprint density at radius 1 is 1.04 bits per heavy atom. The lowest BCUT2D eigenvalue weighted by Gasteiger charge is -2.32. The Kier molecular flexibility index (Phi) is 5.39. The normalized spacial score (nSPS) is 15.6. The molecule has 0 aromatic heterocycles. The molecule has 2 nitrogen and oxygen atoms in total. The summed E-state index contributed by atoms with van der Waals surface area (Å²) in [7, 11) is 0. The van der Waals surface area contributed by atoms with Crippen molar-refractivity contribution in [1.82, 2.24) is 4.90 Å². The van der Waals surface area contributed by atoms with Crippen LogP contribution in [0.5, 0.6) is 0 Å². The molecule has 0 atom stereocenters. The Morgan fingerprint density at radius 3 is 2.30 bits per heavy atom. The summed E-state index contributed by atoms with van der Waals surface area (Å²) in [5.74, 6) is 0.871. The molecule has 1 aliphatic rings. The molecule has 0 spiro atoms. The maximum Gasteiger partial charge on any atom is 0.253 e. The highest BCUT2D eigenvalue weighted by Crippen LogP contribution is 2.23. The maximum atomic E-state index is 12.6. The molecule has 0 unspecified atom stereocenters. The van der Waals surface area contributed by atoms with Crippen molar-refractivity contribution >= 4 is 17.7 Å². The average molecular weight is 325 g/mol. The second-order valence-corrected chi connectivity index (χ2v) is 7.03. The summed E-state index contributed by atoms with van der Waals surface area (Å²) in [6.07, 6.45) is 5.38. The van der Waals surface area contributed by atoms with Crippen LogP contribution in [0.15, 0.2) is 59.5 Å². The number of hydrogen-bond acceptors (Lipinski definition) is 2.